The van der Waals surface area contributed by atoms with Gasteiger partial charge in [0.2, 0.25) is 0 Å². The van der Waals surface area contributed by atoms with Crippen LogP contribution in [0.4, 0.5) is 0 Å². The predicted molar refractivity (Wildman–Crippen MR) is 82.8 cm³/mol. The predicted octanol–water partition coefficient (Wildman–Crippen LogP) is 3.83. The Labute approximate surface area is 121 Å². The smallest absolute Gasteiger partial charge is 0.0613 e. The molecule has 2 N–H and O–H groups in total. The van der Waals surface area contributed by atoms with E-state index >= 15 is 0 Å². The lowest BCUT2D eigenvalue weighted by atomic mass is 9.82. The molecule has 0 amide bonds. The van der Waals surface area contributed by atoms with Gasteiger partial charge in [0.1, 0.15) is 0 Å². The average molecular weight is 281 g/mol. The van der Waals surface area contributed by atoms with Crippen LogP contribution >= 0.6 is 11.3 Å². The van der Waals surface area contributed by atoms with Gasteiger partial charge in [-0.25, -0.2) is 0 Å². The Morgan fingerprint density at radius 2 is 1.89 bits per heavy atom. The Kier molecular flexibility index (Phi) is 4.70. The Balaban J connectivity index is 1.96. The van der Waals surface area contributed by atoms with Crippen LogP contribution < -0.4 is 5.32 Å². The van der Waals surface area contributed by atoms with E-state index in [9.17, 15) is 5.11 Å². The van der Waals surface area contributed by atoms with Crippen molar-refractivity contribution in [3.63, 3.8) is 0 Å². The van der Waals surface area contributed by atoms with E-state index in [2.05, 4.69) is 38.2 Å². The number of aliphatic hydroxyl groups is 1. The van der Waals surface area contributed by atoms with Gasteiger partial charge in [-0.2, -0.15) is 0 Å². The topological polar surface area (TPSA) is 32.3 Å². The summed E-state index contributed by atoms with van der Waals surface area (Å²) in [6.45, 7) is 7.93. The van der Waals surface area contributed by atoms with Crippen LogP contribution in [-0.2, 0) is 12.0 Å². The fourth-order valence-electron chi connectivity index (χ4n) is 2.77. The minimum atomic E-state index is -0.0237. The molecular weight excluding hydrogens is 254 g/mol. The lowest BCUT2D eigenvalue weighted by molar-refractivity contribution is 0.120. The van der Waals surface area contributed by atoms with Gasteiger partial charge in [-0.1, -0.05) is 40.0 Å². The molecule has 2 nitrogen and oxygen atoms in total. The number of hydrogen-bond donors (Lipinski definition) is 2. The van der Waals surface area contributed by atoms with E-state index < -0.39 is 0 Å². The highest BCUT2D eigenvalue weighted by molar-refractivity contribution is 7.12. The van der Waals surface area contributed by atoms with Crippen LogP contribution in [0.5, 0.6) is 0 Å². The normalized spacial score (nSPS) is 19.6. The molecule has 19 heavy (non-hydrogen) atoms. The van der Waals surface area contributed by atoms with Crippen LogP contribution in [0, 0.1) is 0 Å². The molecule has 0 aliphatic heterocycles. The maximum absolute atomic E-state index is 9.69. The highest BCUT2D eigenvalue weighted by atomic mass is 32.1. The summed E-state index contributed by atoms with van der Waals surface area (Å²) in [6.07, 6.45) is 6.02. The van der Waals surface area contributed by atoms with Crippen LogP contribution in [0.15, 0.2) is 12.1 Å². The molecule has 1 aromatic rings. The van der Waals surface area contributed by atoms with Gasteiger partial charge in [0.05, 0.1) is 6.61 Å². The molecule has 0 bridgehead atoms. The molecule has 1 saturated carbocycles. The van der Waals surface area contributed by atoms with Gasteiger partial charge in [0.25, 0.3) is 0 Å². The molecule has 0 spiro atoms. The van der Waals surface area contributed by atoms with E-state index in [1.54, 1.807) is 0 Å². The van der Waals surface area contributed by atoms with Crippen molar-refractivity contribution < 1.29 is 5.11 Å². The first kappa shape index (κ1) is 15.0. The summed E-state index contributed by atoms with van der Waals surface area (Å²) in [5.74, 6) is 0. The van der Waals surface area contributed by atoms with Crippen molar-refractivity contribution in [2.45, 2.75) is 70.4 Å². The standard InChI is InChI=1S/C16H27NOS/c1-15(2,3)14-8-7-13(19-14)11-17-16(12-18)9-5-4-6-10-16/h7-8,17-18H,4-6,9-12H2,1-3H3. The second-order valence-corrected chi connectivity index (χ2v) is 8.04. The highest BCUT2D eigenvalue weighted by Crippen LogP contribution is 2.31. The van der Waals surface area contributed by atoms with Crippen LogP contribution in [-0.4, -0.2) is 17.3 Å². The Morgan fingerprint density at radius 1 is 1.21 bits per heavy atom. The molecule has 1 heterocycles. The first-order valence-corrected chi connectivity index (χ1v) is 8.22. The maximum Gasteiger partial charge on any atom is 0.0613 e. The zero-order valence-electron chi connectivity index (χ0n) is 12.5. The summed E-state index contributed by atoms with van der Waals surface area (Å²) >= 11 is 1.89. The fourth-order valence-corrected chi connectivity index (χ4v) is 3.78. The molecule has 1 fully saturated rings. The Bertz CT molecular complexity index is 399. The third-order valence-corrected chi connectivity index (χ3v) is 5.66. The third kappa shape index (κ3) is 3.80. The van der Waals surface area contributed by atoms with Gasteiger partial charge < -0.3 is 10.4 Å². The maximum atomic E-state index is 9.69. The summed E-state index contributed by atoms with van der Waals surface area (Å²) in [6, 6.07) is 4.47. The molecule has 1 aliphatic rings. The fraction of sp³-hybridized carbons (Fsp3) is 0.750. The van der Waals surface area contributed by atoms with Crippen molar-refractivity contribution in [3.05, 3.63) is 21.9 Å². The molecule has 108 valence electrons. The molecule has 1 aromatic heterocycles. The summed E-state index contributed by atoms with van der Waals surface area (Å²) in [4.78, 5) is 2.81. The second kappa shape index (κ2) is 5.94. The minimum Gasteiger partial charge on any atom is -0.394 e. The van der Waals surface area contributed by atoms with E-state index in [-0.39, 0.29) is 17.6 Å². The van der Waals surface area contributed by atoms with Gasteiger partial charge in [-0.05, 0) is 30.4 Å². The van der Waals surface area contributed by atoms with E-state index in [0.29, 0.717) is 0 Å². The number of thiophene rings is 1. The number of aliphatic hydroxyl groups excluding tert-OH is 1. The van der Waals surface area contributed by atoms with Gasteiger partial charge in [0.15, 0.2) is 0 Å². The van der Waals surface area contributed by atoms with Crippen LogP contribution in [0.25, 0.3) is 0 Å². The molecule has 0 unspecified atom stereocenters. The summed E-state index contributed by atoms with van der Waals surface area (Å²) in [5.41, 5.74) is 0.215. The Hall–Kier alpha value is -0.380. The largest absolute Gasteiger partial charge is 0.394 e. The van der Waals surface area contributed by atoms with Gasteiger partial charge >= 0.3 is 0 Å². The van der Waals surface area contributed by atoms with Crippen LogP contribution in [0.1, 0.15) is 62.6 Å². The number of nitrogens with one attached hydrogen (secondary N) is 1. The van der Waals surface area contributed by atoms with Crippen LogP contribution in [0.2, 0.25) is 0 Å². The average Bonchev–Trinajstić information content (AvgIpc) is 2.86. The van der Waals surface area contributed by atoms with Gasteiger partial charge in [-0.15, -0.1) is 11.3 Å². The van der Waals surface area contributed by atoms with Crippen molar-refractivity contribution in [1.82, 2.24) is 5.32 Å². The van der Waals surface area contributed by atoms with Gasteiger partial charge in [-0.3, -0.25) is 0 Å². The van der Waals surface area contributed by atoms with E-state index in [1.807, 2.05) is 11.3 Å². The second-order valence-electron chi connectivity index (χ2n) is 6.87. The zero-order valence-corrected chi connectivity index (χ0v) is 13.3. The van der Waals surface area contributed by atoms with Crippen molar-refractivity contribution in [3.8, 4) is 0 Å². The molecular formula is C16H27NOS. The SMILES string of the molecule is CC(C)(C)c1ccc(CNC2(CO)CCCCC2)s1. The molecule has 0 atom stereocenters. The molecule has 0 aromatic carbocycles. The van der Waals surface area contributed by atoms with Crippen molar-refractivity contribution in [1.29, 1.82) is 0 Å². The molecule has 1 aliphatic carbocycles. The monoisotopic (exact) mass is 281 g/mol. The summed E-state index contributed by atoms with van der Waals surface area (Å²) in [5, 5.41) is 13.3. The molecule has 0 saturated heterocycles. The highest BCUT2D eigenvalue weighted by Gasteiger charge is 2.30. The lowest BCUT2D eigenvalue weighted by Crippen LogP contribution is -2.49. The molecule has 0 radical (unpaired) electrons. The van der Waals surface area contributed by atoms with Gasteiger partial charge in [0, 0.05) is 21.8 Å². The van der Waals surface area contributed by atoms with E-state index in [0.717, 1.165) is 19.4 Å². The lowest BCUT2D eigenvalue weighted by Gasteiger charge is -2.36. The van der Waals surface area contributed by atoms with Crippen molar-refractivity contribution >= 4 is 11.3 Å². The van der Waals surface area contributed by atoms with Crippen molar-refractivity contribution in [2.75, 3.05) is 6.61 Å². The first-order chi connectivity index (χ1) is 8.95. The molecule has 2 rings (SSSR count). The van der Waals surface area contributed by atoms with Crippen LogP contribution in [0.3, 0.4) is 0 Å². The van der Waals surface area contributed by atoms with E-state index in [4.69, 9.17) is 0 Å². The first-order valence-electron chi connectivity index (χ1n) is 7.40. The summed E-state index contributed by atoms with van der Waals surface area (Å²) < 4.78 is 0. The Morgan fingerprint density at radius 3 is 2.42 bits per heavy atom. The third-order valence-electron chi connectivity index (χ3n) is 4.15. The number of hydrogen-bond acceptors (Lipinski definition) is 3. The van der Waals surface area contributed by atoms with E-state index in [1.165, 1.54) is 29.0 Å². The number of rotatable bonds is 4. The minimum absolute atomic E-state index is 0.0237. The zero-order chi connectivity index (χ0) is 13.9. The quantitative estimate of drug-likeness (QED) is 0.879. The molecule has 3 heteroatoms. The van der Waals surface area contributed by atoms with Crippen molar-refractivity contribution in [2.24, 2.45) is 0 Å². The summed E-state index contributed by atoms with van der Waals surface area (Å²) in [7, 11) is 0.